The van der Waals surface area contributed by atoms with Crippen LogP contribution in [0.2, 0.25) is 0 Å². The molecule has 4 nitrogen and oxygen atoms in total. The molecule has 2 aliphatic rings. The van der Waals surface area contributed by atoms with Gasteiger partial charge in [0.2, 0.25) is 0 Å². The van der Waals surface area contributed by atoms with Crippen LogP contribution in [0.4, 0.5) is 17.6 Å². The molecule has 3 rings (SSSR count). The standard InChI is InChI=1S/C20H23F4NO3/c1-13-7-15-9-17(28-6-2-5-20(22,23)24)4-3-14(15)8-16(13)10-25-11-19(21,12-25)18(26)27/h2-5,8-9,13,18,26-27H,6-7,10-12H2,1H3/b5-2+/t13-/m0/s1. The maximum atomic E-state index is 14.0. The molecule has 0 amide bonds. The molecule has 28 heavy (non-hydrogen) atoms. The Balaban J connectivity index is 1.60. The topological polar surface area (TPSA) is 52.9 Å². The van der Waals surface area contributed by atoms with E-state index in [9.17, 15) is 17.6 Å². The minimum atomic E-state index is -4.34. The molecule has 1 aliphatic heterocycles. The smallest absolute Gasteiger partial charge is 0.409 e. The van der Waals surface area contributed by atoms with E-state index < -0.39 is 18.1 Å². The average molecular weight is 401 g/mol. The molecule has 0 spiro atoms. The van der Waals surface area contributed by atoms with E-state index in [0.717, 1.165) is 29.2 Å². The first kappa shape index (κ1) is 20.8. The zero-order chi connectivity index (χ0) is 20.5. The number of halogens is 4. The van der Waals surface area contributed by atoms with Gasteiger partial charge in [0, 0.05) is 25.7 Å². The van der Waals surface area contributed by atoms with Crippen molar-refractivity contribution in [1.82, 2.24) is 4.90 Å². The summed E-state index contributed by atoms with van der Waals surface area (Å²) in [7, 11) is 0. The van der Waals surface area contributed by atoms with Crippen molar-refractivity contribution in [2.75, 3.05) is 26.2 Å². The van der Waals surface area contributed by atoms with Gasteiger partial charge in [0.25, 0.3) is 0 Å². The minimum absolute atomic E-state index is 0.0141. The molecule has 8 heteroatoms. The summed E-state index contributed by atoms with van der Waals surface area (Å²) in [6, 6.07) is 5.40. The molecule has 1 fully saturated rings. The second-order valence-electron chi connectivity index (χ2n) is 7.49. The van der Waals surface area contributed by atoms with Crippen LogP contribution in [0.3, 0.4) is 0 Å². The lowest BCUT2D eigenvalue weighted by molar-refractivity contribution is -0.199. The highest BCUT2D eigenvalue weighted by Crippen LogP contribution is 2.34. The number of hydrogen-bond acceptors (Lipinski definition) is 4. The van der Waals surface area contributed by atoms with Gasteiger partial charge in [-0.2, -0.15) is 13.2 Å². The lowest BCUT2D eigenvalue weighted by Crippen LogP contribution is -2.65. The Morgan fingerprint density at radius 1 is 1.32 bits per heavy atom. The van der Waals surface area contributed by atoms with Crippen molar-refractivity contribution >= 4 is 6.08 Å². The van der Waals surface area contributed by atoms with Gasteiger partial charge >= 0.3 is 6.18 Å². The second kappa shape index (κ2) is 7.85. The zero-order valence-corrected chi connectivity index (χ0v) is 15.4. The predicted molar refractivity (Wildman–Crippen MR) is 96.5 cm³/mol. The Morgan fingerprint density at radius 2 is 2.04 bits per heavy atom. The summed E-state index contributed by atoms with van der Waals surface area (Å²) < 4.78 is 55.6. The number of alkyl halides is 4. The Kier molecular flexibility index (Phi) is 5.84. The number of aliphatic hydroxyl groups is 2. The molecule has 0 saturated carbocycles. The third kappa shape index (κ3) is 4.92. The zero-order valence-electron chi connectivity index (χ0n) is 15.4. The van der Waals surface area contributed by atoms with E-state index in [4.69, 9.17) is 14.9 Å². The molecule has 0 bridgehead atoms. The van der Waals surface area contributed by atoms with Gasteiger partial charge in [-0.25, -0.2) is 4.39 Å². The van der Waals surface area contributed by atoms with Gasteiger partial charge in [0.1, 0.15) is 12.4 Å². The van der Waals surface area contributed by atoms with E-state index in [-0.39, 0.29) is 31.7 Å². The molecule has 1 heterocycles. The molecule has 0 unspecified atom stereocenters. The van der Waals surface area contributed by atoms with Crippen LogP contribution in [-0.2, 0) is 6.42 Å². The number of ether oxygens (including phenoxy) is 1. The molecular weight excluding hydrogens is 378 g/mol. The second-order valence-corrected chi connectivity index (χ2v) is 7.49. The van der Waals surface area contributed by atoms with Gasteiger partial charge in [0.15, 0.2) is 12.0 Å². The summed E-state index contributed by atoms with van der Waals surface area (Å²) in [6.07, 6.45) is -2.45. The van der Waals surface area contributed by atoms with Crippen molar-refractivity contribution in [3.63, 3.8) is 0 Å². The van der Waals surface area contributed by atoms with Crippen LogP contribution in [-0.4, -0.2) is 59.5 Å². The molecule has 0 radical (unpaired) electrons. The molecule has 1 saturated heterocycles. The highest BCUT2D eigenvalue weighted by Gasteiger charge is 2.49. The van der Waals surface area contributed by atoms with Gasteiger partial charge in [-0.3, -0.25) is 4.90 Å². The lowest BCUT2D eigenvalue weighted by Gasteiger charge is -2.46. The van der Waals surface area contributed by atoms with E-state index in [1.54, 1.807) is 6.07 Å². The highest BCUT2D eigenvalue weighted by atomic mass is 19.4. The van der Waals surface area contributed by atoms with Crippen molar-refractivity contribution in [2.24, 2.45) is 5.92 Å². The number of nitrogens with zero attached hydrogens (tertiary/aromatic N) is 1. The Bertz CT molecular complexity index is 767. The Labute approximate surface area is 160 Å². The number of likely N-dealkylation sites (tertiary alicyclic amines) is 1. The number of allylic oxidation sites excluding steroid dienone is 1. The SMILES string of the molecule is C[C@H]1Cc2cc(OC/C=C/C(F)(F)F)ccc2C=C1CN1CC(F)(C(O)O)C1. The van der Waals surface area contributed by atoms with Crippen LogP contribution in [0.1, 0.15) is 18.1 Å². The van der Waals surface area contributed by atoms with Gasteiger partial charge in [0.05, 0.1) is 0 Å². The average Bonchev–Trinajstić information content (AvgIpc) is 2.56. The summed E-state index contributed by atoms with van der Waals surface area (Å²) >= 11 is 0. The van der Waals surface area contributed by atoms with Crippen LogP contribution >= 0.6 is 0 Å². The molecule has 1 aliphatic carbocycles. The minimum Gasteiger partial charge on any atom is -0.490 e. The Morgan fingerprint density at radius 3 is 2.68 bits per heavy atom. The number of aliphatic hydroxyl groups excluding tert-OH is 1. The maximum absolute atomic E-state index is 14.0. The molecule has 1 atom stereocenters. The third-order valence-corrected chi connectivity index (χ3v) is 5.11. The van der Waals surface area contributed by atoms with Crippen LogP contribution in [0.5, 0.6) is 5.75 Å². The normalized spacial score (nSPS) is 22.1. The van der Waals surface area contributed by atoms with Crippen molar-refractivity contribution in [3.05, 3.63) is 47.1 Å². The maximum Gasteiger partial charge on any atom is 0.409 e. The van der Waals surface area contributed by atoms with Gasteiger partial charge in [-0.05, 0) is 41.7 Å². The summed E-state index contributed by atoms with van der Waals surface area (Å²) in [6.45, 7) is 2.42. The fourth-order valence-electron chi connectivity index (χ4n) is 3.55. The summed E-state index contributed by atoms with van der Waals surface area (Å²) in [5.74, 6) is 0.720. The molecule has 1 aromatic carbocycles. The van der Waals surface area contributed by atoms with E-state index in [1.807, 2.05) is 23.1 Å². The van der Waals surface area contributed by atoms with Crippen LogP contribution < -0.4 is 4.74 Å². The predicted octanol–water partition coefficient (Wildman–Crippen LogP) is 3.09. The molecular formula is C20H23F4NO3. The van der Waals surface area contributed by atoms with Gasteiger partial charge < -0.3 is 14.9 Å². The largest absolute Gasteiger partial charge is 0.490 e. The monoisotopic (exact) mass is 401 g/mol. The summed E-state index contributed by atoms with van der Waals surface area (Å²) in [5.41, 5.74) is 1.22. The Hall–Kier alpha value is -1.90. The van der Waals surface area contributed by atoms with E-state index in [0.29, 0.717) is 12.3 Å². The van der Waals surface area contributed by atoms with Crippen molar-refractivity contribution in [3.8, 4) is 5.75 Å². The fourth-order valence-corrected chi connectivity index (χ4v) is 3.55. The molecule has 0 aromatic heterocycles. The van der Waals surface area contributed by atoms with E-state index >= 15 is 0 Å². The summed E-state index contributed by atoms with van der Waals surface area (Å²) in [5, 5.41) is 18.1. The number of rotatable bonds is 6. The van der Waals surface area contributed by atoms with E-state index in [2.05, 4.69) is 6.92 Å². The van der Waals surface area contributed by atoms with Gasteiger partial charge in [-0.15, -0.1) is 0 Å². The first-order valence-electron chi connectivity index (χ1n) is 9.04. The number of benzene rings is 1. The highest BCUT2D eigenvalue weighted by molar-refractivity contribution is 5.62. The number of hydrogen-bond donors (Lipinski definition) is 2. The van der Waals surface area contributed by atoms with Crippen LogP contribution in [0.15, 0.2) is 35.9 Å². The lowest BCUT2D eigenvalue weighted by atomic mass is 9.83. The molecule has 1 aromatic rings. The fraction of sp³-hybridized carbons (Fsp3) is 0.500. The van der Waals surface area contributed by atoms with Gasteiger partial charge in [-0.1, -0.05) is 24.6 Å². The van der Waals surface area contributed by atoms with Crippen molar-refractivity contribution in [1.29, 1.82) is 0 Å². The van der Waals surface area contributed by atoms with Crippen LogP contribution in [0, 0.1) is 5.92 Å². The first-order valence-corrected chi connectivity index (χ1v) is 9.04. The quantitative estimate of drug-likeness (QED) is 0.437. The first-order chi connectivity index (χ1) is 13.1. The van der Waals surface area contributed by atoms with E-state index in [1.165, 1.54) is 0 Å². The van der Waals surface area contributed by atoms with Crippen molar-refractivity contribution in [2.45, 2.75) is 31.5 Å². The number of fused-ring (bicyclic) bond motifs is 1. The third-order valence-electron chi connectivity index (χ3n) is 5.11. The molecule has 154 valence electrons. The van der Waals surface area contributed by atoms with Crippen LogP contribution in [0.25, 0.3) is 6.08 Å². The van der Waals surface area contributed by atoms with Crippen molar-refractivity contribution < 1.29 is 32.5 Å². The molecule has 2 N–H and O–H groups in total. The summed E-state index contributed by atoms with van der Waals surface area (Å²) in [4.78, 5) is 1.83.